The summed E-state index contributed by atoms with van der Waals surface area (Å²) in [6.07, 6.45) is 4.22. The SMILES string of the molecule is C/C=c1\c(=C/C)n(-c2ccccc2)c2ccc(-c3ccc4c(c3)c3ccccc3n4-c3cc(-c4c(O)c(O)c(O)c(O)c4O)cc(-c4c(O)c(O)c(O)c(O)c4O)c3)cc12.CC. The van der Waals surface area contributed by atoms with Gasteiger partial charge in [0.1, 0.15) is 0 Å². The minimum Gasteiger partial charge on any atom is -0.504 e. The second-order valence-electron chi connectivity index (χ2n) is 14.4. The topological polar surface area (TPSA) is 212 Å². The number of fused-ring (bicyclic) bond motifs is 4. The number of aromatic hydroxyl groups is 10. The molecule has 9 aromatic rings. The van der Waals surface area contributed by atoms with Crippen molar-refractivity contribution >= 4 is 44.9 Å². The van der Waals surface area contributed by atoms with Gasteiger partial charge in [-0.25, -0.2) is 0 Å². The zero-order valence-electron chi connectivity index (χ0n) is 33.9. The van der Waals surface area contributed by atoms with Crippen molar-refractivity contribution in [3.8, 4) is 102 Å². The largest absolute Gasteiger partial charge is 0.504 e. The van der Waals surface area contributed by atoms with Crippen molar-refractivity contribution in [2.24, 2.45) is 0 Å². The average Bonchev–Trinajstić information content (AvgIpc) is 3.81. The molecule has 0 radical (unpaired) electrons. The maximum absolute atomic E-state index is 11.0. The van der Waals surface area contributed by atoms with Crippen molar-refractivity contribution in [2.45, 2.75) is 27.7 Å². The van der Waals surface area contributed by atoms with E-state index in [2.05, 4.69) is 53.1 Å². The summed E-state index contributed by atoms with van der Waals surface area (Å²) in [6, 6.07) is 34.2. The summed E-state index contributed by atoms with van der Waals surface area (Å²) in [5, 5.41) is 111. The van der Waals surface area contributed by atoms with Crippen LogP contribution >= 0.6 is 0 Å². The molecule has 2 aromatic heterocycles. The average molecular weight is 831 g/mol. The molecule has 0 spiro atoms. The Balaban J connectivity index is 0.00000261. The van der Waals surface area contributed by atoms with Crippen LogP contribution in [0.1, 0.15) is 27.7 Å². The van der Waals surface area contributed by atoms with Gasteiger partial charge in [-0.2, -0.15) is 0 Å². The molecule has 0 aliphatic heterocycles. The molecule has 0 saturated carbocycles. The highest BCUT2D eigenvalue weighted by molar-refractivity contribution is 6.11. The number of aromatic nitrogens is 2. The summed E-state index contributed by atoms with van der Waals surface area (Å²) in [5.74, 6) is -10.9. The molecule has 0 unspecified atom stereocenters. The maximum atomic E-state index is 11.0. The van der Waals surface area contributed by atoms with Crippen molar-refractivity contribution in [1.82, 2.24) is 9.13 Å². The normalized spacial score (nSPS) is 12.1. The molecule has 0 bridgehead atoms. The van der Waals surface area contributed by atoms with E-state index in [9.17, 15) is 51.1 Å². The molecule has 12 heteroatoms. The van der Waals surface area contributed by atoms with E-state index in [1.165, 1.54) is 18.2 Å². The number of nitrogens with zero attached hydrogens (tertiary/aromatic N) is 2. The first-order valence-corrected chi connectivity index (χ1v) is 19.8. The summed E-state index contributed by atoms with van der Waals surface area (Å²) in [6.45, 7) is 8.05. The fourth-order valence-electron chi connectivity index (χ4n) is 8.34. The monoisotopic (exact) mass is 830 g/mol. The molecule has 10 N–H and O–H groups in total. The first kappa shape index (κ1) is 40.4. The minimum absolute atomic E-state index is 0.112. The summed E-state index contributed by atoms with van der Waals surface area (Å²) >= 11 is 0. The van der Waals surface area contributed by atoms with E-state index in [1.54, 1.807) is 0 Å². The van der Waals surface area contributed by atoms with Gasteiger partial charge in [0.05, 0.1) is 27.7 Å². The number of rotatable bonds is 5. The molecule has 0 aliphatic rings. The summed E-state index contributed by atoms with van der Waals surface area (Å²) in [4.78, 5) is 0. The van der Waals surface area contributed by atoms with E-state index in [0.29, 0.717) is 11.0 Å². The van der Waals surface area contributed by atoms with Gasteiger partial charge in [0.15, 0.2) is 23.0 Å². The van der Waals surface area contributed by atoms with Crippen molar-refractivity contribution in [3.05, 3.63) is 120 Å². The van der Waals surface area contributed by atoms with Gasteiger partial charge >= 0.3 is 0 Å². The van der Waals surface area contributed by atoms with Crippen LogP contribution in [0.4, 0.5) is 0 Å². The van der Waals surface area contributed by atoms with Crippen molar-refractivity contribution < 1.29 is 51.1 Å². The van der Waals surface area contributed by atoms with Gasteiger partial charge in [0, 0.05) is 38.1 Å². The molecule has 2 heterocycles. The number of phenolic OH excluding ortho intramolecular Hbond substituents is 10. The van der Waals surface area contributed by atoms with Crippen LogP contribution in [0.5, 0.6) is 57.5 Å². The number of phenols is 10. The third kappa shape index (κ3) is 5.99. The molecule has 7 aromatic carbocycles. The van der Waals surface area contributed by atoms with Crippen molar-refractivity contribution in [3.63, 3.8) is 0 Å². The highest BCUT2D eigenvalue weighted by atomic mass is 16.4. The fourth-order valence-corrected chi connectivity index (χ4v) is 8.34. The zero-order valence-corrected chi connectivity index (χ0v) is 33.9. The van der Waals surface area contributed by atoms with Crippen molar-refractivity contribution in [2.75, 3.05) is 0 Å². The van der Waals surface area contributed by atoms with Gasteiger partial charge in [-0.15, -0.1) is 0 Å². The summed E-state index contributed by atoms with van der Waals surface area (Å²) in [7, 11) is 0. The number of para-hydroxylation sites is 2. The summed E-state index contributed by atoms with van der Waals surface area (Å²) < 4.78 is 4.08. The molecular weight excluding hydrogens is 789 g/mol. The Bertz CT molecular complexity index is 3260. The molecule has 62 heavy (non-hydrogen) atoms. The van der Waals surface area contributed by atoms with Gasteiger partial charge in [0.2, 0.25) is 34.5 Å². The molecule has 0 saturated heterocycles. The van der Waals surface area contributed by atoms with Crippen LogP contribution in [0, 0.1) is 0 Å². The van der Waals surface area contributed by atoms with Gasteiger partial charge in [0.25, 0.3) is 0 Å². The van der Waals surface area contributed by atoms with Gasteiger partial charge in [-0.05, 0) is 96.8 Å². The third-order valence-corrected chi connectivity index (χ3v) is 11.1. The Morgan fingerprint density at radius 3 is 1.29 bits per heavy atom. The van der Waals surface area contributed by atoms with Gasteiger partial charge in [-0.1, -0.05) is 74.5 Å². The Hall–Kier alpha value is -8.38. The maximum Gasteiger partial charge on any atom is 0.208 e. The number of hydrogen-bond donors (Lipinski definition) is 10. The lowest BCUT2D eigenvalue weighted by molar-refractivity contribution is 0.330. The fraction of sp³-hybridized carbons (Fsp3) is 0.0800. The Morgan fingerprint density at radius 2 is 0.790 bits per heavy atom. The van der Waals surface area contributed by atoms with Gasteiger partial charge < -0.3 is 60.2 Å². The van der Waals surface area contributed by atoms with Crippen molar-refractivity contribution in [1.29, 1.82) is 0 Å². The van der Waals surface area contributed by atoms with Gasteiger partial charge in [-0.3, -0.25) is 0 Å². The molecule has 0 fully saturated rings. The molecule has 312 valence electrons. The predicted molar refractivity (Wildman–Crippen MR) is 241 cm³/mol. The second-order valence-corrected chi connectivity index (χ2v) is 14.4. The van der Waals surface area contributed by atoms with Crippen LogP contribution in [-0.2, 0) is 0 Å². The Kier molecular flexibility index (Phi) is 9.99. The van der Waals surface area contributed by atoms with Crippen LogP contribution in [-0.4, -0.2) is 60.2 Å². The van der Waals surface area contributed by atoms with E-state index in [0.717, 1.165) is 49.1 Å². The van der Waals surface area contributed by atoms with Crippen LogP contribution in [0.2, 0.25) is 0 Å². The zero-order chi connectivity index (χ0) is 44.3. The molecular formula is C50H42N2O10. The van der Waals surface area contributed by atoms with Crippen LogP contribution in [0.25, 0.3) is 89.6 Å². The van der Waals surface area contributed by atoms with Crippen LogP contribution < -0.4 is 10.6 Å². The minimum atomic E-state index is -1.17. The quantitative estimate of drug-likeness (QED) is 0.0586. The van der Waals surface area contributed by atoms with E-state index in [1.807, 2.05) is 86.9 Å². The standard InChI is InChI=1S/C48H36N2O10.C2H6/c1-3-29-31-21-23(14-16-35(31)49(33(29)4-2)27-10-6-5-7-11-27)24-15-17-36-32(22-24)30-12-8-9-13-34(30)50(36)28-19-25(37-39(51)43(55)47(59)44(56)40(37)52)18-26(20-28)38-41(53)45(57)48(60)46(58)42(38)54;1-2/h3-22,51-60H,1-2H3;1-2H3/b29-3-,33-4+;. The van der Waals surface area contributed by atoms with Crippen LogP contribution in [0.3, 0.4) is 0 Å². The lowest BCUT2D eigenvalue weighted by Gasteiger charge is -2.18. The van der Waals surface area contributed by atoms with Crippen LogP contribution in [0.15, 0.2) is 109 Å². The number of hydrogen-bond acceptors (Lipinski definition) is 10. The van der Waals surface area contributed by atoms with E-state index in [4.69, 9.17) is 0 Å². The molecule has 0 amide bonds. The first-order chi connectivity index (χ1) is 29.9. The van der Waals surface area contributed by atoms with E-state index < -0.39 is 68.6 Å². The third-order valence-electron chi connectivity index (χ3n) is 11.1. The number of benzene rings is 7. The smallest absolute Gasteiger partial charge is 0.208 e. The second kappa shape index (κ2) is 15.3. The first-order valence-electron chi connectivity index (χ1n) is 19.8. The lowest BCUT2D eigenvalue weighted by Crippen LogP contribution is -2.27. The molecule has 12 nitrogen and oxygen atoms in total. The van der Waals surface area contributed by atoms with E-state index in [-0.39, 0.29) is 16.8 Å². The molecule has 0 atom stereocenters. The highest BCUT2D eigenvalue weighted by Gasteiger charge is 2.29. The van der Waals surface area contributed by atoms with E-state index >= 15 is 0 Å². The molecule has 9 rings (SSSR count). The summed E-state index contributed by atoms with van der Waals surface area (Å²) in [5.41, 5.74) is 4.35. The predicted octanol–water partition coefficient (Wildman–Crippen LogP) is 9.41. The Labute approximate surface area is 353 Å². The Morgan fingerprint density at radius 1 is 0.355 bits per heavy atom. The highest BCUT2D eigenvalue weighted by Crippen LogP contribution is 2.58. The lowest BCUT2D eigenvalue weighted by atomic mass is 9.94. The molecule has 0 aliphatic carbocycles.